The van der Waals surface area contributed by atoms with E-state index < -0.39 is 0 Å². The number of hydrogen-bond donors (Lipinski definition) is 1. The van der Waals surface area contributed by atoms with Gasteiger partial charge in [0.25, 0.3) is 0 Å². The third kappa shape index (κ3) is 2.78. The normalized spacial score (nSPS) is 12.0. The Bertz CT molecular complexity index is 1160. The van der Waals surface area contributed by atoms with E-state index in [9.17, 15) is 0 Å². The Balaban J connectivity index is 1.61. The van der Waals surface area contributed by atoms with Crippen LogP contribution >= 0.6 is 23.2 Å². The SMILES string of the molecule is Clc1ccc(-c2cnc(C=C3c4ccccc4-c4ccccc43)[nH]2)c(Cl)c1. The smallest absolute Gasteiger partial charge is 0.131 e. The lowest BCUT2D eigenvalue weighted by Crippen LogP contribution is -1.84. The lowest BCUT2D eigenvalue weighted by molar-refractivity contribution is 1.27. The third-order valence-corrected chi connectivity index (χ3v) is 5.37. The summed E-state index contributed by atoms with van der Waals surface area (Å²) in [4.78, 5) is 7.91. The molecule has 4 aromatic rings. The van der Waals surface area contributed by atoms with Crippen molar-refractivity contribution in [2.24, 2.45) is 0 Å². The molecule has 0 amide bonds. The molecule has 1 N–H and O–H groups in total. The number of nitrogens with zero attached hydrogens (tertiary/aromatic N) is 1. The number of aromatic amines is 1. The van der Waals surface area contributed by atoms with Crippen LogP contribution in [0.4, 0.5) is 0 Å². The van der Waals surface area contributed by atoms with E-state index in [2.05, 4.69) is 64.6 Å². The average molecular weight is 389 g/mol. The van der Waals surface area contributed by atoms with E-state index in [1.165, 1.54) is 27.8 Å². The highest BCUT2D eigenvalue weighted by molar-refractivity contribution is 6.36. The fraction of sp³-hybridized carbons (Fsp3) is 0. The van der Waals surface area contributed by atoms with Gasteiger partial charge >= 0.3 is 0 Å². The molecule has 0 fully saturated rings. The molecule has 0 radical (unpaired) electrons. The van der Waals surface area contributed by atoms with Crippen LogP contribution in [0.25, 0.3) is 34.0 Å². The summed E-state index contributed by atoms with van der Waals surface area (Å²) in [6.45, 7) is 0. The minimum absolute atomic E-state index is 0.599. The second kappa shape index (κ2) is 6.41. The van der Waals surface area contributed by atoms with E-state index in [0.29, 0.717) is 10.0 Å². The Morgan fingerprint density at radius 3 is 2.00 bits per heavy atom. The second-order valence-corrected chi connectivity index (χ2v) is 7.30. The highest BCUT2D eigenvalue weighted by atomic mass is 35.5. The van der Waals surface area contributed by atoms with E-state index in [1.807, 2.05) is 12.1 Å². The molecule has 0 aliphatic heterocycles. The molecule has 0 bridgehead atoms. The van der Waals surface area contributed by atoms with Crippen molar-refractivity contribution in [2.45, 2.75) is 0 Å². The predicted molar refractivity (Wildman–Crippen MR) is 113 cm³/mol. The molecular formula is C23H14Cl2N2. The van der Waals surface area contributed by atoms with Gasteiger partial charge in [0.2, 0.25) is 0 Å². The maximum absolute atomic E-state index is 6.33. The summed E-state index contributed by atoms with van der Waals surface area (Å²) in [5.41, 5.74) is 7.87. The van der Waals surface area contributed by atoms with Crippen molar-refractivity contribution in [2.75, 3.05) is 0 Å². The molecule has 3 aromatic carbocycles. The quantitative estimate of drug-likeness (QED) is 0.348. The van der Waals surface area contributed by atoms with Gasteiger partial charge in [-0.25, -0.2) is 4.98 Å². The van der Waals surface area contributed by atoms with Crippen LogP contribution in [-0.4, -0.2) is 9.97 Å². The molecule has 0 spiro atoms. The van der Waals surface area contributed by atoms with Gasteiger partial charge in [0.05, 0.1) is 16.9 Å². The van der Waals surface area contributed by atoms with Crippen LogP contribution in [0.15, 0.2) is 72.9 Å². The highest BCUT2D eigenvalue weighted by Crippen LogP contribution is 2.44. The molecule has 1 aromatic heterocycles. The van der Waals surface area contributed by atoms with Crippen LogP contribution in [0.5, 0.6) is 0 Å². The summed E-state index contributed by atoms with van der Waals surface area (Å²) in [7, 11) is 0. The monoisotopic (exact) mass is 388 g/mol. The summed E-state index contributed by atoms with van der Waals surface area (Å²) in [5.74, 6) is 0.789. The molecule has 1 heterocycles. The van der Waals surface area contributed by atoms with E-state index in [0.717, 1.165) is 17.1 Å². The average Bonchev–Trinajstić information content (AvgIpc) is 3.26. The summed E-state index contributed by atoms with van der Waals surface area (Å²) in [5, 5.41) is 1.21. The van der Waals surface area contributed by atoms with Gasteiger partial charge in [0, 0.05) is 10.6 Å². The maximum atomic E-state index is 6.33. The fourth-order valence-corrected chi connectivity index (χ4v) is 4.11. The number of halogens is 2. The van der Waals surface area contributed by atoms with Crippen LogP contribution in [0, 0.1) is 0 Å². The summed E-state index contributed by atoms with van der Waals surface area (Å²) < 4.78 is 0. The van der Waals surface area contributed by atoms with Crippen molar-refractivity contribution in [3.63, 3.8) is 0 Å². The van der Waals surface area contributed by atoms with Gasteiger partial charge in [-0.15, -0.1) is 0 Å². The Hall–Kier alpha value is -2.81. The van der Waals surface area contributed by atoms with Crippen LogP contribution < -0.4 is 0 Å². The van der Waals surface area contributed by atoms with Crippen molar-refractivity contribution in [1.29, 1.82) is 0 Å². The van der Waals surface area contributed by atoms with Gasteiger partial charge in [0.15, 0.2) is 0 Å². The van der Waals surface area contributed by atoms with Gasteiger partial charge in [-0.3, -0.25) is 0 Å². The zero-order valence-corrected chi connectivity index (χ0v) is 15.7. The van der Waals surface area contributed by atoms with E-state index >= 15 is 0 Å². The van der Waals surface area contributed by atoms with E-state index in [1.54, 1.807) is 12.3 Å². The van der Waals surface area contributed by atoms with Gasteiger partial charge in [0.1, 0.15) is 5.82 Å². The molecule has 130 valence electrons. The molecule has 27 heavy (non-hydrogen) atoms. The minimum atomic E-state index is 0.599. The molecule has 0 atom stereocenters. The van der Waals surface area contributed by atoms with Crippen LogP contribution in [0.2, 0.25) is 10.0 Å². The Morgan fingerprint density at radius 2 is 1.37 bits per heavy atom. The first-order valence-electron chi connectivity index (χ1n) is 8.62. The molecule has 0 saturated heterocycles. The molecule has 1 aliphatic carbocycles. The van der Waals surface area contributed by atoms with Crippen molar-refractivity contribution >= 4 is 34.9 Å². The Kier molecular flexibility index (Phi) is 3.89. The topological polar surface area (TPSA) is 28.7 Å². The lowest BCUT2D eigenvalue weighted by Gasteiger charge is -2.02. The summed E-state index contributed by atoms with van der Waals surface area (Å²) >= 11 is 12.3. The number of aromatic nitrogens is 2. The highest BCUT2D eigenvalue weighted by Gasteiger charge is 2.22. The van der Waals surface area contributed by atoms with Gasteiger partial charge in [-0.1, -0.05) is 71.7 Å². The van der Waals surface area contributed by atoms with Crippen LogP contribution in [0.1, 0.15) is 17.0 Å². The number of rotatable bonds is 2. The first-order valence-corrected chi connectivity index (χ1v) is 9.37. The van der Waals surface area contributed by atoms with Gasteiger partial charge in [-0.2, -0.15) is 0 Å². The molecular weight excluding hydrogens is 375 g/mol. The standard InChI is InChI=1S/C23H14Cl2N2/c24-14-9-10-19(21(25)11-14)22-13-26-23(27-22)12-20-17-7-3-1-5-15(17)16-6-2-4-8-18(16)20/h1-13H,(H,26,27). The van der Waals surface area contributed by atoms with Crippen molar-refractivity contribution in [3.05, 3.63) is 99.9 Å². The molecule has 2 nitrogen and oxygen atoms in total. The first kappa shape index (κ1) is 16.4. The molecule has 4 heteroatoms. The number of benzene rings is 3. The Morgan fingerprint density at radius 1 is 0.741 bits per heavy atom. The zero-order valence-electron chi connectivity index (χ0n) is 14.2. The largest absolute Gasteiger partial charge is 0.338 e. The van der Waals surface area contributed by atoms with E-state index in [4.69, 9.17) is 23.2 Å². The van der Waals surface area contributed by atoms with Crippen LogP contribution in [0.3, 0.4) is 0 Å². The van der Waals surface area contributed by atoms with Crippen molar-refractivity contribution < 1.29 is 0 Å². The fourth-order valence-electron chi connectivity index (χ4n) is 3.60. The van der Waals surface area contributed by atoms with E-state index in [-0.39, 0.29) is 0 Å². The first-order chi connectivity index (χ1) is 13.2. The maximum Gasteiger partial charge on any atom is 0.131 e. The minimum Gasteiger partial charge on any atom is -0.338 e. The van der Waals surface area contributed by atoms with Crippen molar-refractivity contribution in [1.82, 2.24) is 9.97 Å². The zero-order chi connectivity index (χ0) is 18.4. The van der Waals surface area contributed by atoms with Crippen molar-refractivity contribution in [3.8, 4) is 22.4 Å². The van der Waals surface area contributed by atoms with Gasteiger partial charge in [-0.05, 0) is 52.1 Å². The molecule has 0 saturated carbocycles. The van der Waals surface area contributed by atoms with Gasteiger partial charge < -0.3 is 4.98 Å². The molecule has 0 unspecified atom stereocenters. The molecule has 1 aliphatic rings. The number of nitrogens with one attached hydrogen (secondary N) is 1. The number of fused-ring (bicyclic) bond motifs is 3. The number of hydrogen-bond acceptors (Lipinski definition) is 1. The second-order valence-electron chi connectivity index (χ2n) is 6.46. The number of H-pyrrole nitrogens is 1. The predicted octanol–water partition coefficient (Wildman–Crippen LogP) is 6.95. The van der Waals surface area contributed by atoms with Crippen LogP contribution in [-0.2, 0) is 0 Å². The Labute approximate surface area is 167 Å². The lowest BCUT2D eigenvalue weighted by atomic mass is 10.0. The number of imidazole rings is 1. The summed E-state index contributed by atoms with van der Waals surface area (Å²) in [6, 6.07) is 22.4. The molecule has 5 rings (SSSR count). The summed E-state index contributed by atoms with van der Waals surface area (Å²) in [6.07, 6.45) is 3.90. The third-order valence-electron chi connectivity index (χ3n) is 4.82.